The van der Waals surface area contributed by atoms with Crippen LogP contribution in [0.5, 0.6) is 0 Å². The van der Waals surface area contributed by atoms with Gasteiger partial charge in [-0.05, 0) is 23.3 Å². The Morgan fingerprint density at radius 3 is 1.14 bits per heavy atom. The maximum atomic E-state index is 4.96. The van der Waals surface area contributed by atoms with Gasteiger partial charge in [0.25, 0.3) is 0 Å². The van der Waals surface area contributed by atoms with E-state index in [1.165, 1.54) is 0 Å². The minimum atomic E-state index is 0.624. The molecule has 0 aliphatic rings. The zero-order valence-corrected chi connectivity index (χ0v) is 23.7. The molecular weight excluding hydrogens is 538 g/mol. The third-order valence-corrected chi connectivity index (χ3v) is 7.84. The Morgan fingerprint density at radius 2 is 0.682 bits per heavy atom. The minimum absolute atomic E-state index is 0.624. The molecule has 0 saturated heterocycles. The lowest BCUT2D eigenvalue weighted by molar-refractivity contribution is 1.07. The van der Waals surface area contributed by atoms with Gasteiger partial charge in [0.2, 0.25) is 0 Å². The first kappa shape index (κ1) is 25.6. The highest BCUT2D eigenvalue weighted by molar-refractivity contribution is 5.94. The van der Waals surface area contributed by atoms with Crippen molar-refractivity contribution in [1.29, 1.82) is 0 Å². The van der Waals surface area contributed by atoms with E-state index in [0.717, 1.165) is 60.8 Å². The van der Waals surface area contributed by atoms with E-state index in [-0.39, 0.29) is 0 Å². The quantitative estimate of drug-likeness (QED) is 0.209. The highest BCUT2D eigenvalue weighted by atomic mass is 15.0. The summed E-state index contributed by atoms with van der Waals surface area (Å²) in [6.07, 6.45) is 3.67. The van der Waals surface area contributed by atoms with Crippen LogP contribution in [-0.4, -0.2) is 24.9 Å². The van der Waals surface area contributed by atoms with Crippen LogP contribution in [0, 0.1) is 0 Å². The second-order valence-electron chi connectivity index (χ2n) is 10.6. The molecule has 8 rings (SSSR count). The first-order valence-corrected chi connectivity index (χ1v) is 14.5. The number of para-hydroxylation sites is 2. The van der Waals surface area contributed by atoms with Gasteiger partial charge in [0.15, 0.2) is 17.5 Å². The van der Waals surface area contributed by atoms with Crippen molar-refractivity contribution in [2.24, 2.45) is 0 Å². The fourth-order valence-corrected chi connectivity index (χ4v) is 5.62. The van der Waals surface area contributed by atoms with Gasteiger partial charge in [-0.3, -0.25) is 9.97 Å². The molecule has 0 atom stereocenters. The Morgan fingerprint density at radius 1 is 0.295 bits per heavy atom. The van der Waals surface area contributed by atoms with Gasteiger partial charge in [0, 0.05) is 51.0 Å². The Kier molecular flexibility index (Phi) is 6.39. The molecular formula is C39H25N5. The molecule has 5 nitrogen and oxygen atoms in total. The van der Waals surface area contributed by atoms with Crippen LogP contribution < -0.4 is 0 Å². The second kappa shape index (κ2) is 11.0. The molecule has 0 fully saturated rings. The van der Waals surface area contributed by atoms with Crippen molar-refractivity contribution in [3.63, 3.8) is 0 Å². The first-order chi connectivity index (χ1) is 21.8. The van der Waals surface area contributed by atoms with Gasteiger partial charge in [0.1, 0.15) is 0 Å². The highest BCUT2D eigenvalue weighted by Gasteiger charge is 2.14. The van der Waals surface area contributed by atoms with E-state index < -0.39 is 0 Å². The molecule has 44 heavy (non-hydrogen) atoms. The molecule has 0 amide bonds. The van der Waals surface area contributed by atoms with Crippen LogP contribution in [0.1, 0.15) is 0 Å². The summed E-state index contributed by atoms with van der Waals surface area (Å²) >= 11 is 0. The zero-order valence-electron chi connectivity index (χ0n) is 23.7. The third-order valence-electron chi connectivity index (χ3n) is 7.84. The standard InChI is InChI=1S/C39H25N5/c1-2-8-30(9-3-1)37-42-38(31-20-16-26(17-21-31)33-14-4-10-28-12-6-24-40-35(28)33)44-39(43-37)32-22-18-27(19-23-32)34-15-5-11-29-13-7-25-41-36(29)34/h1-25H. The Bertz CT molecular complexity index is 2110. The van der Waals surface area contributed by atoms with Gasteiger partial charge in [-0.15, -0.1) is 0 Å². The van der Waals surface area contributed by atoms with Crippen molar-refractivity contribution in [2.45, 2.75) is 0 Å². The van der Waals surface area contributed by atoms with Crippen molar-refractivity contribution >= 4 is 21.8 Å². The van der Waals surface area contributed by atoms with E-state index in [2.05, 4.69) is 107 Å². The fraction of sp³-hybridized carbons (Fsp3) is 0. The van der Waals surface area contributed by atoms with Crippen molar-refractivity contribution in [2.75, 3.05) is 0 Å². The summed E-state index contributed by atoms with van der Waals surface area (Å²) in [4.78, 5) is 24.0. The molecule has 3 heterocycles. The van der Waals surface area contributed by atoms with E-state index in [1.807, 2.05) is 54.9 Å². The molecule has 0 bridgehead atoms. The molecule has 0 aliphatic heterocycles. The van der Waals surface area contributed by atoms with Crippen LogP contribution in [0.25, 0.3) is 78.2 Å². The van der Waals surface area contributed by atoms with Gasteiger partial charge in [-0.25, -0.2) is 15.0 Å². The molecule has 0 N–H and O–H groups in total. The largest absolute Gasteiger partial charge is 0.256 e. The van der Waals surface area contributed by atoms with Crippen molar-refractivity contribution in [3.8, 4) is 56.4 Å². The molecule has 0 spiro atoms. The maximum Gasteiger partial charge on any atom is 0.164 e. The fourth-order valence-electron chi connectivity index (χ4n) is 5.62. The number of fused-ring (bicyclic) bond motifs is 2. The lowest BCUT2D eigenvalue weighted by atomic mass is 10.0. The Balaban J connectivity index is 1.19. The summed E-state index contributed by atoms with van der Waals surface area (Å²) in [5.74, 6) is 1.88. The molecule has 8 aromatic rings. The van der Waals surface area contributed by atoms with Gasteiger partial charge < -0.3 is 0 Å². The Hall–Kier alpha value is -6.07. The molecule has 3 aromatic heterocycles. The molecule has 5 heteroatoms. The van der Waals surface area contributed by atoms with Crippen LogP contribution in [0.3, 0.4) is 0 Å². The Labute approximate surface area is 254 Å². The monoisotopic (exact) mass is 563 g/mol. The van der Waals surface area contributed by atoms with Crippen LogP contribution in [-0.2, 0) is 0 Å². The lowest BCUT2D eigenvalue weighted by Gasteiger charge is -2.10. The number of aromatic nitrogens is 5. The van der Waals surface area contributed by atoms with Crippen LogP contribution in [0.15, 0.2) is 152 Å². The average Bonchev–Trinajstić information content (AvgIpc) is 3.11. The normalized spacial score (nSPS) is 11.2. The lowest BCUT2D eigenvalue weighted by Crippen LogP contribution is -2.00. The zero-order chi connectivity index (χ0) is 29.3. The van der Waals surface area contributed by atoms with Crippen LogP contribution in [0.2, 0.25) is 0 Å². The summed E-state index contributed by atoms with van der Waals surface area (Å²) in [5, 5.41) is 2.23. The van der Waals surface area contributed by atoms with Crippen molar-refractivity contribution in [3.05, 3.63) is 152 Å². The number of hydrogen-bond acceptors (Lipinski definition) is 5. The summed E-state index contributed by atoms with van der Waals surface area (Å²) in [6.45, 7) is 0. The SMILES string of the molecule is c1ccc(-c2nc(-c3ccc(-c4cccc5cccnc45)cc3)nc(-c3ccc(-c4cccc5cccnc45)cc3)n2)cc1. The summed E-state index contributed by atoms with van der Waals surface area (Å²) < 4.78 is 0. The minimum Gasteiger partial charge on any atom is -0.256 e. The van der Waals surface area contributed by atoms with Gasteiger partial charge in [0.05, 0.1) is 11.0 Å². The first-order valence-electron chi connectivity index (χ1n) is 14.5. The summed E-state index contributed by atoms with van der Waals surface area (Å²) in [6, 6.07) is 47.4. The summed E-state index contributed by atoms with van der Waals surface area (Å²) in [7, 11) is 0. The van der Waals surface area contributed by atoms with Gasteiger partial charge >= 0.3 is 0 Å². The molecule has 5 aromatic carbocycles. The van der Waals surface area contributed by atoms with Crippen LogP contribution in [0.4, 0.5) is 0 Å². The number of nitrogens with zero attached hydrogens (tertiary/aromatic N) is 5. The average molecular weight is 564 g/mol. The van der Waals surface area contributed by atoms with Gasteiger partial charge in [-0.1, -0.05) is 127 Å². The van der Waals surface area contributed by atoms with Crippen molar-refractivity contribution < 1.29 is 0 Å². The summed E-state index contributed by atoms with van der Waals surface area (Å²) in [5.41, 5.74) is 9.12. The van der Waals surface area contributed by atoms with E-state index in [0.29, 0.717) is 17.5 Å². The number of benzene rings is 5. The topological polar surface area (TPSA) is 64.5 Å². The number of hydrogen-bond donors (Lipinski definition) is 0. The maximum absolute atomic E-state index is 4.96. The second-order valence-corrected chi connectivity index (χ2v) is 10.6. The smallest absolute Gasteiger partial charge is 0.164 e. The van der Waals surface area contributed by atoms with Crippen molar-refractivity contribution in [1.82, 2.24) is 24.9 Å². The highest BCUT2D eigenvalue weighted by Crippen LogP contribution is 2.32. The van der Waals surface area contributed by atoms with E-state index in [4.69, 9.17) is 15.0 Å². The predicted octanol–water partition coefficient (Wildman–Crippen LogP) is 9.30. The third kappa shape index (κ3) is 4.76. The molecule has 0 saturated carbocycles. The molecule has 0 aliphatic carbocycles. The molecule has 0 radical (unpaired) electrons. The molecule has 0 unspecified atom stereocenters. The van der Waals surface area contributed by atoms with E-state index in [9.17, 15) is 0 Å². The predicted molar refractivity (Wildman–Crippen MR) is 178 cm³/mol. The number of rotatable bonds is 5. The van der Waals surface area contributed by atoms with Gasteiger partial charge in [-0.2, -0.15) is 0 Å². The van der Waals surface area contributed by atoms with E-state index >= 15 is 0 Å². The van der Waals surface area contributed by atoms with Crippen LogP contribution >= 0.6 is 0 Å². The number of pyridine rings is 2. The molecule has 206 valence electrons. The van der Waals surface area contributed by atoms with E-state index in [1.54, 1.807) is 0 Å².